The number of sulfonamides is 1. The molecule has 1 aliphatic carbocycles. The van der Waals surface area contributed by atoms with Crippen LogP contribution < -0.4 is 28.2 Å². The maximum absolute atomic E-state index is 14.1. The molecule has 0 saturated heterocycles. The Morgan fingerprint density at radius 3 is 2.22 bits per heavy atom. The fourth-order valence-corrected chi connectivity index (χ4v) is 8.28. The van der Waals surface area contributed by atoms with E-state index in [2.05, 4.69) is 20.9 Å². The highest BCUT2D eigenvalue weighted by molar-refractivity contribution is 9.10. The SMILES string of the molecule is COc1ccc(Br)c(OC)c1N(C(=O)C1CC1)S(=O)(=O)Cc1ccc(N2Cc3c(c(OCC(F)(F)F)c4cccnc4c3OCC(F)(F)F)C2=O)c(C)c1. The van der Waals surface area contributed by atoms with Crippen molar-refractivity contribution in [2.24, 2.45) is 5.92 Å². The summed E-state index contributed by atoms with van der Waals surface area (Å²) in [7, 11) is -1.86. The minimum atomic E-state index is -4.83. The van der Waals surface area contributed by atoms with E-state index in [9.17, 15) is 44.3 Å². The number of anilines is 2. The van der Waals surface area contributed by atoms with Gasteiger partial charge in [0.05, 0.1) is 36.6 Å². The topological polar surface area (TPSA) is 125 Å². The standard InChI is InChI=1S/C35H30BrF6N3O8S/c1-18-13-19(15-54(48,49)45(32(46)20-7-8-20)28-25(50-2)11-9-23(36)31(28)51-3)6-10-24(18)44-14-22-26(33(44)47)29(52-16-34(37,38)39)21-5-4-12-43-27(21)30(22)53-17-35(40,41)42/h4-6,9-13,20H,7-8,14-17H2,1-3H3. The Hall–Kier alpha value is -4.78. The third kappa shape index (κ3) is 7.73. The molecule has 54 heavy (non-hydrogen) atoms. The van der Waals surface area contributed by atoms with Gasteiger partial charge >= 0.3 is 12.4 Å². The summed E-state index contributed by atoms with van der Waals surface area (Å²) in [5.41, 5.74) is -0.291. The number of amides is 2. The molecular weight excluding hydrogens is 816 g/mol. The van der Waals surface area contributed by atoms with Gasteiger partial charge in [0.2, 0.25) is 15.9 Å². The lowest BCUT2D eigenvalue weighted by Crippen LogP contribution is -2.39. The number of rotatable bonds is 12. The highest BCUT2D eigenvalue weighted by atomic mass is 79.9. The lowest BCUT2D eigenvalue weighted by Gasteiger charge is -2.27. The number of pyridine rings is 1. The molecule has 0 atom stereocenters. The second kappa shape index (κ2) is 14.5. The zero-order valence-electron chi connectivity index (χ0n) is 28.6. The van der Waals surface area contributed by atoms with Crippen LogP contribution in [0.25, 0.3) is 10.9 Å². The molecule has 0 radical (unpaired) electrons. The van der Waals surface area contributed by atoms with Gasteiger partial charge in [-0.25, -0.2) is 8.42 Å². The molecule has 4 aromatic rings. The number of fused-ring (bicyclic) bond motifs is 2. The van der Waals surface area contributed by atoms with E-state index in [0.29, 0.717) is 27.2 Å². The van der Waals surface area contributed by atoms with Gasteiger partial charge in [0, 0.05) is 28.8 Å². The molecular formula is C35H30BrF6N3O8S. The van der Waals surface area contributed by atoms with Crippen LogP contribution in [0, 0.1) is 12.8 Å². The van der Waals surface area contributed by atoms with E-state index >= 15 is 0 Å². The van der Waals surface area contributed by atoms with Gasteiger partial charge in [-0.3, -0.25) is 14.6 Å². The predicted molar refractivity (Wildman–Crippen MR) is 187 cm³/mol. The van der Waals surface area contributed by atoms with E-state index in [0.717, 1.165) is 4.90 Å². The summed E-state index contributed by atoms with van der Waals surface area (Å²) in [6.07, 6.45) is -7.45. The van der Waals surface area contributed by atoms with E-state index in [-0.39, 0.29) is 44.9 Å². The zero-order valence-corrected chi connectivity index (χ0v) is 31.0. The van der Waals surface area contributed by atoms with Crippen LogP contribution in [0.1, 0.15) is 39.9 Å². The highest BCUT2D eigenvalue weighted by Gasteiger charge is 2.44. The van der Waals surface area contributed by atoms with Crippen molar-refractivity contribution in [1.82, 2.24) is 4.98 Å². The molecule has 0 bridgehead atoms. The molecule has 0 spiro atoms. The van der Waals surface area contributed by atoms with Crippen LogP contribution in [0.4, 0.5) is 37.7 Å². The predicted octanol–water partition coefficient (Wildman–Crippen LogP) is 7.64. The lowest BCUT2D eigenvalue weighted by molar-refractivity contribution is -0.154. The molecule has 1 aliphatic heterocycles. The van der Waals surface area contributed by atoms with Crippen LogP contribution in [-0.4, -0.2) is 65.0 Å². The third-order valence-electron chi connectivity index (χ3n) is 8.59. The van der Waals surface area contributed by atoms with Crippen molar-refractivity contribution in [2.45, 2.75) is 44.4 Å². The minimum Gasteiger partial charge on any atom is -0.494 e. The van der Waals surface area contributed by atoms with Crippen molar-refractivity contribution in [2.75, 3.05) is 36.6 Å². The number of aromatic nitrogens is 1. The Morgan fingerprint density at radius 2 is 1.63 bits per heavy atom. The molecule has 6 rings (SSSR count). The van der Waals surface area contributed by atoms with Crippen LogP contribution >= 0.6 is 15.9 Å². The van der Waals surface area contributed by atoms with Gasteiger partial charge in [0.1, 0.15) is 22.7 Å². The van der Waals surface area contributed by atoms with Crippen molar-refractivity contribution in [1.29, 1.82) is 0 Å². The largest absolute Gasteiger partial charge is 0.494 e. The van der Waals surface area contributed by atoms with Gasteiger partial charge < -0.3 is 23.8 Å². The molecule has 0 N–H and O–H groups in total. The van der Waals surface area contributed by atoms with Crippen molar-refractivity contribution in [3.05, 3.63) is 75.4 Å². The van der Waals surface area contributed by atoms with E-state index in [1.165, 1.54) is 63.7 Å². The molecule has 2 amide bonds. The monoisotopic (exact) mass is 845 g/mol. The van der Waals surface area contributed by atoms with Crippen LogP contribution in [-0.2, 0) is 27.1 Å². The average Bonchev–Trinajstić information content (AvgIpc) is 3.89. The van der Waals surface area contributed by atoms with Crippen molar-refractivity contribution >= 4 is 60.0 Å². The smallest absolute Gasteiger partial charge is 0.422 e. The highest BCUT2D eigenvalue weighted by Crippen LogP contribution is 2.48. The molecule has 11 nitrogen and oxygen atoms in total. The Kier molecular flexibility index (Phi) is 10.4. The first-order valence-electron chi connectivity index (χ1n) is 16.1. The molecule has 2 aliphatic rings. The number of benzene rings is 3. The number of aryl methyl sites for hydroxylation is 1. The molecule has 2 heterocycles. The minimum absolute atomic E-state index is 0.0468. The van der Waals surface area contributed by atoms with Gasteiger partial charge in [-0.05, 0) is 77.2 Å². The van der Waals surface area contributed by atoms with Gasteiger partial charge in [-0.15, -0.1) is 0 Å². The van der Waals surface area contributed by atoms with E-state index < -0.39 is 82.7 Å². The molecule has 3 aromatic carbocycles. The summed E-state index contributed by atoms with van der Waals surface area (Å²) in [5.74, 6) is -3.68. The second-order valence-corrected chi connectivity index (χ2v) is 15.2. The number of hydrogen-bond donors (Lipinski definition) is 0. The molecule has 288 valence electrons. The molecule has 1 saturated carbocycles. The van der Waals surface area contributed by atoms with Gasteiger partial charge in [-0.1, -0.05) is 12.1 Å². The first kappa shape index (κ1) is 38.9. The Bertz CT molecular complexity index is 2260. The fourth-order valence-electron chi connectivity index (χ4n) is 6.20. The number of methoxy groups -OCH3 is 2. The van der Waals surface area contributed by atoms with E-state index in [4.69, 9.17) is 18.9 Å². The number of ether oxygens (including phenoxy) is 4. The normalized spacial score (nSPS) is 14.6. The van der Waals surface area contributed by atoms with Crippen molar-refractivity contribution in [3.63, 3.8) is 0 Å². The summed E-state index contributed by atoms with van der Waals surface area (Å²) in [6, 6.07) is 9.84. The average molecular weight is 847 g/mol. The van der Waals surface area contributed by atoms with E-state index in [1.54, 1.807) is 6.07 Å². The number of carbonyl (C=O) groups is 2. The zero-order chi connectivity index (χ0) is 39.3. The fraction of sp³-hybridized carbons (Fsp3) is 0.343. The lowest BCUT2D eigenvalue weighted by atomic mass is 10.0. The number of alkyl halides is 6. The second-order valence-electron chi connectivity index (χ2n) is 12.5. The molecule has 1 fully saturated rings. The summed E-state index contributed by atoms with van der Waals surface area (Å²) in [5, 5.41) is -0.172. The van der Waals surface area contributed by atoms with E-state index in [1.807, 2.05) is 0 Å². The Morgan fingerprint density at radius 1 is 0.963 bits per heavy atom. The summed E-state index contributed by atoms with van der Waals surface area (Å²) in [6.45, 7) is -2.49. The van der Waals surface area contributed by atoms with Gasteiger partial charge in [-0.2, -0.15) is 30.6 Å². The van der Waals surface area contributed by atoms with Gasteiger partial charge in [0.25, 0.3) is 5.91 Å². The number of nitrogens with zero attached hydrogens (tertiary/aromatic N) is 3. The van der Waals surface area contributed by atoms with Gasteiger partial charge in [0.15, 0.2) is 24.7 Å². The Balaban J connectivity index is 1.38. The van der Waals surface area contributed by atoms with Crippen LogP contribution in [0.15, 0.2) is 53.1 Å². The summed E-state index contributed by atoms with van der Waals surface area (Å²) >= 11 is 3.33. The van der Waals surface area contributed by atoms with Crippen LogP contribution in [0.2, 0.25) is 0 Å². The number of halogens is 7. The Labute approximate surface area is 312 Å². The molecule has 1 aromatic heterocycles. The first-order valence-corrected chi connectivity index (χ1v) is 18.5. The van der Waals surface area contributed by atoms with Crippen molar-refractivity contribution < 1.29 is 63.3 Å². The maximum Gasteiger partial charge on any atom is 0.422 e. The van der Waals surface area contributed by atoms with Crippen LogP contribution in [0.5, 0.6) is 23.0 Å². The summed E-state index contributed by atoms with van der Waals surface area (Å²) in [4.78, 5) is 32.8. The number of carbonyl (C=O) groups excluding carboxylic acids is 2. The number of hydrogen-bond acceptors (Lipinski definition) is 9. The quantitative estimate of drug-likeness (QED) is 0.132. The first-order chi connectivity index (χ1) is 25.3. The van der Waals surface area contributed by atoms with Crippen molar-refractivity contribution in [3.8, 4) is 23.0 Å². The third-order valence-corrected chi connectivity index (χ3v) is 10.8. The maximum atomic E-state index is 14.1. The van der Waals surface area contributed by atoms with Crippen LogP contribution in [0.3, 0.4) is 0 Å². The molecule has 19 heteroatoms. The molecule has 0 unspecified atom stereocenters. The summed E-state index contributed by atoms with van der Waals surface area (Å²) < 4.78 is 130.